The first kappa shape index (κ1) is 15.4. The van der Waals surface area contributed by atoms with E-state index in [9.17, 15) is 14.7 Å². The van der Waals surface area contributed by atoms with Crippen molar-refractivity contribution in [2.24, 2.45) is 0 Å². The van der Waals surface area contributed by atoms with Gasteiger partial charge in [0.1, 0.15) is 12.6 Å². The highest BCUT2D eigenvalue weighted by molar-refractivity contribution is 6.01. The number of aliphatic carboxylic acids is 1. The predicted molar refractivity (Wildman–Crippen MR) is 83.5 cm³/mol. The van der Waals surface area contributed by atoms with Gasteiger partial charge in [-0.1, -0.05) is 12.1 Å². The molecule has 6 nitrogen and oxygen atoms in total. The number of benzene rings is 1. The first-order valence-corrected chi connectivity index (χ1v) is 7.66. The summed E-state index contributed by atoms with van der Waals surface area (Å²) in [5.41, 5.74) is 1.24. The van der Waals surface area contributed by atoms with Crippen LogP contribution in [0.4, 0.5) is 0 Å². The highest BCUT2D eigenvalue weighted by Gasteiger charge is 2.34. The number of ether oxygens (including phenoxy) is 2. The van der Waals surface area contributed by atoms with Gasteiger partial charge in [-0.3, -0.25) is 4.79 Å². The van der Waals surface area contributed by atoms with Gasteiger partial charge in [0, 0.05) is 12.1 Å². The standard InChI is InChI=1S/C17H19NO5/c1-22-14-7-4-5-11-9-12(10-23-15(11)14)16(19)18-8-3-2-6-13(18)17(20)21/h4-5,7,9,13H,2-3,6,8,10H2,1H3,(H,20,21)/t13-/m1/s1. The lowest BCUT2D eigenvalue weighted by Gasteiger charge is -2.34. The molecule has 0 saturated carbocycles. The molecule has 0 unspecified atom stereocenters. The van der Waals surface area contributed by atoms with E-state index in [0.29, 0.717) is 30.0 Å². The first-order chi connectivity index (χ1) is 11.1. The van der Waals surface area contributed by atoms with Gasteiger partial charge in [0.05, 0.1) is 12.7 Å². The van der Waals surface area contributed by atoms with Crippen LogP contribution in [0, 0.1) is 0 Å². The van der Waals surface area contributed by atoms with Crippen molar-refractivity contribution < 1.29 is 24.2 Å². The van der Waals surface area contributed by atoms with Crippen LogP contribution in [0.25, 0.3) is 6.08 Å². The Morgan fingerprint density at radius 3 is 2.91 bits per heavy atom. The Morgan fingerprint density at radius 2 is 2.17 bits per heavy atom. The molecule has 0 aliphatic carbocycles. The van der Waals surface area contributed by atoms with Crippen LogP contribution in [0.15, 0.2) is 23.8 Å². The number of carboxylic acids is 1. The van der Waals surface area contributed by atoms with Crippen LogP contribution in [-0.2, 0) is 9.59 Å². The van der Waals surface area contributed by atoms with E-state index in [1.807, 2.05) is 12.1 Å². The molecule has 1 fully saturated rings. The van der Waals surface area contributed by atoms with Crippen LogP contribution in [-0.4, -0.2) is 48.2 Å². The summed E-state index contributed by atoms with van der Waals surface area (Å²) >= 11 is 0. The Morgan fingerprint density at radius 1 is 1.35 bits per heavy atom. The van der Waals surface area contributed by atoms with Crippen molar-refractivity contribution in [3.63, 3.8) is 0 Å². The Balaban J connectivity index is 1.88. The average Bonchev–Trinajstić information content (AvgIpc) is 2.60. The van der Waals surface area contributed by atoms with E-state index in [0.717, 1.165) is 18.4 Å². The Kier molecular flexibility index (Phi) is 4.23. The molecule has 0 bridgehead atoms. The van der Waals surface area contributed by atoms with Crippen molar-refractivity contribution in [2.75, 3.05) is 20.3 Å². The minimum atomic E-state index is -0.947. The number of hydrogen-bond donors (Lipinski definition) is 1. The number of likely N-dealkylation sites (tertiary alicyclic amines) is 1. The number of amides is 1. The number of para-hydroxylation sites is 1. The fourth-order valence-electron chi connectivity index (χ4n) is 3.08. The summed E-state index contributed by atoms with van der Waals surface area (Å²) in [4.78, 5) is 25.5. The zero-order chi connectivity index (χ0) is 16.4. The summed E-state index contributed by atoms with van der Waals surface area (Å²) in [7, 11) is 1.56. The van der Waals surface area contributed by atoms with Crippen molar-refractivity contribution in [3.8, 4) is 11.5 Å². The molecule has 2 aliphatic rings. The molecule has 6 heteroatoms. The number of fused-ring (bicyclic) bond motifs is 1. The van der Waals surface area contributed by atoms with Gasteiger partial charge >= 0.3 is 5.97 Å². The van der Waals surface area contributed by atoms with Gasteiger partial charge in [-0.05, 0) is 31.4 Å². The van der Waals surface area contributed by atoms with Gasteiger partial charge in [0.15, 0.2) is 11.5 Å². The summed E-state index contributed by atoms with van der Waals surface area (Å²) < 4.78 is 10.9. The molecule has 1 atom stereocenters. The molecule has 2 aliphatic heterocycles. The molecular formula is C17H19NO5. The van der Waals surface area contributed by atoms with E-state index in [1.54, 1.807) is 19.3 Å². The van der Waals surface area contributed by atoms with E-state index in [2.05, 4.69) is 0 Å². The van der Waals surface area contributed by atoms with Crippen molar-refractivity contribution in [2.45, 2.75) is 25.3 Å². The van der Waals surface area contributed by atoms with Crippen LogP contribution >= 0.6 is 0 Å². The molecule has 1 aromatic carbocycles. The molecular weight excluding hydrogens is 298 g/mol. The van der Waals surface area contributed by atoms with Gasteiger partial charge in [-0.15, -0.1) is 0 Å². The molecule has 1 amide bonds. The monoisotopic (exact) mass is 317 g/mol. The SMILES string of the molecule is COc1cccc2c1OCC(C(=O)N1CCCC[C@@H]1C(=O)O)=C2. The first-order valence-electron chi connectivity index (χ1n) is 7.66. The van der Waals surface area contributed by atoms with E-state index >= 15 is 0 Å². The zero-order valence-corrected chi connectivity index (χ0v) is 12.9. The number of rotatable bonds is 3. The molecule has 1 N–H and O–H groups in total. The minimum absolute atomic E-state index is 0.120. The van der Waals surface area contributed by atoms with Crippen LogP contribution in [0.5, 0.6) is 11.5 Å². The third kappa shape index (κ3) is 2.88. The van der Waals surface area contributed by atoms with Crippen LogP contribution in [0.1, 0.15) is 24.8 Å². The second-order valence-electron chi connectivity index (χ2n) is 5.69. The lowest BCUT2D eigenvalue weighted by atomic mass is 9.99. The predicted octanol–water partition coefficient (Wildman–Crippen LogP) is 1.94. The molecule has 2 heterocycles. The number of nitrogens with zero attached hydrogens (tertiary/aromatic N) is 1. The summed E-state index contributed by atoms with van der Waals surface area (Å²) in [5, 5.41) is 9.32. The van der Waals surface area contributed by atoms with Crippen LogP contribution < -0.4 is 9.47 Å². The maximum atomic E-state index is 12.7. The molecule has 0 aromatic heterocycles. The topological polar surface area (TPSA) is 76.1 Å². The minimum Gasteiger partial charge on any atom is -0.493 e. The fourth-order valence-corrected chi connectivity index (χ4v) is 3.08. The maximum absolute atomic E-state index is 12.7. The molecule has 23 heavy (non-hydrogen) atoms. The lowest BCUT2D eigenvalue weighted by Crippen LogP contribution is -2.49. The molecule has 122 valence electrons. The summed E-state index contributed by atoms with van der Waals surface area (Å²) in [6.07, 6.45) is 3.92. The van der Waals surface area contributed by atoms with Gasteiger partial charge < -0.3 is 19.5 Å². The lowest BCUT2D eigenvalue weighted by molar-refractivity contribution is -0.150. The fraction of sp³-hybridized carbons (Fsp3) is 0.412. The number of carboxylic acid groups (broad SMARTS) is 1. The number of carbonyl (C=O) groups is 2. The van der Waals surface area contributed by atoms with E-state index in [4.69, 9.17) is 9.47 Å². The Bertz CT molecular complexity index is 667. The van der Waals surface area contributed by atoms with Gasteiger partial charge in [0.25, 0.3) is 5.91 Å². The van der Waals surface area contributed by atoms with E-state index in [-0.39, 0.29) is 12.5 Å². The average molecular weight is 317 g/mol. The second-order valence-corrected chi connectivity index (χ2v) is 5.69. The van der Waals surface area contributed by atoms with Crippen LogP contribution in [0.2, 0.25) is 0 Å². The number of hydrogen-bond acceptors (Lipinski definition) is 4. The molecule has 0 spiro atoms. The quantitative estimate of drug-likeness (QED) is 0.922. The van der Waals surface area contributed by atoms with Crippen molar-refractivity contribution in [1.82, 2.24) is 4.90 Å². The number of piperidine rings is 1. The summed E-state index contributed by atoms with van der Waals surface area (Å²) in [5.74, 6) is 0.0228. The largest absolute Gasteiger partial charge is 0.493 e. The smallest absolute Gasteiger partial charge is 0.326 e. The third-order valence-electron chi connectivity index (χ3n) is 4.25. The molecule has 3 rings (SSSR count). The molecule has 0 radical (unpaired) electrons. The number of carbonyl (C=O) groups excluding carboxylic acids is 1. The zero-order valence-electron chi connectivity index (χ0n) is 12.9. The van der Waals surface area contributed by atoms with E-state index < -0.39 is 12.0 Å². The van der Waals surface area contributed by atoms with Crippen molar-refractivity contribution in [3.05, 3.63) is 29.3 Å². The van der Waals surface area contributed by atoms with E-state index in [1.165, 1.54) is 4.90 Å². The van der Waals surface area contributed by atoms with Crippen LogP contribution in [0.3, 0.4) is 0 Å². The van der Waals surface area contributed by atoms with Crippen molar-refractivity contribution in [1.29, 1.82) is 0 Å². The Hall–Kier alpha value is -2.50. The maximum Gasteiger partial charge on any atom is 0.326 e. The van der Waals surface area contributed by atoms with Gasteiger partial charge in [-0.2, -0.15) is 0 Å². The third-order valence-corrected chi connectivity index (χ3v) is 4.25. The number of methoxy groups -OCH3 is 1. The van der Waals surface area contributed by atoms with Gasteiger partial charge in [-0.25, -0.2) is 4.79 Å². The van der Waals surface area contributed by atoms with Gasteiger partial charge in [0.2, 0.25) is 0 Å². The highest BCUT2D eigenvalue weighted by Crippen LogP contribution is 2.36. The molecule has 1 aromatic rings. The summed E-state index contributed by atoms with van der Waals surface area (Å²) in [6, 6.07) is 4.72. The Labute approximate surface area is 134 Å². The highest BCUT2D eigenvalue weighted by atomic mass is 16.5. The normalized spacial score (nSPS) is 20.1. The summed E-state index contributed by atoms with van der Waals surface area (Å²) in [6.45, 7) is 0.590. The second kappa shape index (κ2) is 6.32. The van der Waals surface area contributed by atoms with Crippen molar-refractivity contribution >= 4 is 18.0 Å². The molecule has 1 saturated heterocycles.